The lowest BCUT2D eigenvalue weighted by molar-refractivity contribution is -0.142. The number of rotatable bonds is 6. The van der Waals surface area contributed by atoms with Crippen molar-refractivity contribution in [2.24, 2.45) is 0 Å². The molecule has 1 N–H and O–H groups in total. The molecule has 6 rings (SSSR count). The maximum absolute atomic E-state index is 13.2. The Morgan fingerprint density at radius 3 is 2.62 bits per heavy atom. The molecule has 200 valence electrons. The van der Waals surface area contributed by atoms with E-state index in [1.165, 1.54) is 0 Å². The van der Waals surface area contributed by atoms with Crippen molar-refractivity contribution in [1.29, 1.82) is 0 Å². The molecule has 10 nitrogen and oxygen atoms in total. The normalized spacial score (nSPS) is 17.5. The van der Waals surface area contributed by atoms with Gasteiger partial charge < -0.3 is 24.3 Å². The summed E-state index contributed by atoms with van der Waals surface area (Å²) in [5, 5.41) is 0.952. The number of hydrogen-bond donors (Lipinski definition) is 1. The zero-order valence-corrected chi connectivity index (χ0v) is 21.8. The van der Waals surface area contributed by atoms with E-state index >= 15 is 0 Å². The van der Waals surface area contributed by atoms with Crippen LogP contribution in [0.15, 0.2) is 54.9 Å². The van der Waals surface area contributed by atoms with Crippen LogP contribution < -0.4 is 4.74 Å². The molecule has 0 radical (unpaired) electrons. The monoisotopic (exact) mass is 526 g/mol. The molecule has 0 bridgehead atoms. The van der Waals surface area contributed by atoms with Gasteiger partial charge in [-0.2, -0.15) is 0 Å². The number of methoxy groups -OCH3 is 1. The second kappa shape index (κ2) is 10.8. The quantitative estimate of drug-likeness (QED) is 0.411. The number of piperazine rings is 1. The molecule has 2 amide bonds. The number of nitrogens with one attached hydrogen (secondary N) is 1. The standard InChI is InChI=1S/C29H30N6O4/c1-38-21-6-8-30-24(18-21)23-7-9-31-27(33-23)16-19-4-5-22-20(15-19)17-25(32-22)28(36)34-10-12-35(13-11-34)29(37)26-3-2-14-39-26/h4-9,15,17-18,26,32H,2-3,10-14,16H2,1H3/t26-/m1/s1. The first-order valence-electron chi connectivity index (χ1n) is 13.2. The Morgan fingerprint density at radius 1 is 1.00 bits per heavy atom. The molecule has 2 saturated heterocycles. The lowest BCUT2D eigenvalue weighted by Gasteiger charge is -2.35. The van der Waals surface area contributed by atoms with E-state index < -0.39 is 0 Å². The Labute approximate surface area is 226 Å². The minimum Gasteiger partial charge on any atom is -0.497 e. The van der Waals surface area contributed by atoms with Crippen LogP contribution in [0.4, 0.5) is 0 Å². The van der Waals surface area contributed by atoms with Gasteiger partial charge in [0.05, 0.1) is 18.5 Å². The predicted octanol–water partition coefficient (Wildman–Crippen LogP) is 3.08. The van der Waals surface area contributed by atoms with E-state index in [4.69, 9.17) is 14.5 Å². The van der Waals surface area contributed by atoms with Crippen LogP contribution in [0.1, 0.15) is 34.7 Å². The molecular formula is C29H30N6O4. The first-order chi connectivity index (χ1) is 19.1. The maximum Gasteiger partial charge on any atom is 0.270 e. The number of ether oxygens (including phenoxy) is 2. The zero-order valence-electron chi connectivity index (χ0n) is 21.8. The highest BCUT2D eigenvalue weighted by Gasteiger charge is 2.31. The maximum atomic E-state index is 13.2. The summed E-state index contributed by atoms with van der Waals surface area (Å²) in [6, 6.07) is 13.4. The molecular weight excluding hydrogens is 496 g/mol. The van der Waals surface area contributed by atoms with Gasteiger partial charge >= 0.3 is 0 Å². The smallest absolute Gasteiger partial charge is 0.270 e. The number of carbonyl (C=O) groups excluding carboxylic acids is 2. The fourth-order valence-electron chi connectivity index (χ4n) is 5.17. The summed E-state index contributed by atoms with van der Waals surface area (Å²) >= 11 is 0. The third-order valence-electron chi connectivity index (χ3n) is 7.30. The third kappa shape index (κ3) is 5.33. The number of hydrogen-bond acceptors (Lipinski definition) is 7. The third-order valence-corrected chi connectivity index (χ3v) is 7.30. The zero-order chi connectivity index (χ0) is 26.8. The van der Waals surface area contributed by atoms with Crippen molar-refractivity contribution in [3.8, 4) is 17.1 Å². The second-order valence-electron chi connectivity index (χ2n) is 9.84. The topological polar surface area (TPSA) is 114 Å². The summed E-state index contributed by atoms with van der Waals surface area (Å²) in [6.45, 7) is 2.72. The molecule has 0 saturated carbocycles. The number of nitrogens with zero attached hydrogens (tertiary/aromatic N) is 5. The van der Waals surface area contributed by atoms with E-state index in [9.17, 15) is 9.59 Å². The Hall–Kier alpha value is -4.31. The molecule has 10 heteroatoms. The van der Waals surface area contributed by atoms with E-state index in [0.717, 1.165) is 46.4 Å². The highest BCUT2D eigenvalue weighted by Crippen LogP contribution is 2.23. The van der Waals surface area contributed by atoms with Gasteiger partial charge in [-0.05, 0) is 48.7 Å². The highest BCUT2D eigenvalue weighted by atomic mass is 16.5. The van der Waals surface area contributed by atoms with E-state index in [2.05, 4.69) is 21.0 Å². The van der Waals surface area contributed by atoms with Crippen LogP contribution in [0.25, 0.3) is 22.3 Å². The van der Waals surface area contributed by atoms with Crippen LogP contribution in [0, 0.1) is 0 Å². The average molecular weight is 527 g/mol. The van der Waals surface area contributed by atoms with Crippen molar-refractivity contribution >= 4 is 22.7 Å². The molecule has 5 heterocycles. The fourth-order valence-corrected chi connectivity index (χ4v) is 5.17. The number of fused-ring (bicyclic) bond motifs is 1. The second-order valence-corrected chi connectivity index (χ2v) is 9.84. The summed E-state index contributed by atoms with van der Waals surface area (Å²) in [7, 11) is 1.62. The molecule has 4 aromatic rings. The van der Waals surface area contributed by atoms with Crippen LogP contribution in [0.5, 0.6) is 5.75 Å². The number of benzene rings is 1. The summed E-state index contributed by atoms with van der Waals surface area (Å²) in [4.78, 5) is 46.3. The van der Waals surface area contributed by atoms with E-state index in [1.807, 2.05) is 35.2 Å². The lowest BCUT2D eigenvalue weighted by atomic mass is 10.1. The number of aromatic amines is 1. The van der Waals surface area contributed by atoms with Crippen LogP contribution in [-0.4, -0.2) is 87.5 Å². The number of carbonyl (C=O) groups is 2. The van der Waals surface area contributed by atoms with Crippen LogP contribution in [0.2, 0.25) is 0 Å². The van der Waals surface area contributed by atoms with Gasteiger partial charge in [0.2, 0.25) is 0 Å². The Morgan fingerprint density at radius 2 is 1.82 bits per heavy atom. The van der Waals surface area contributed by atoms with E-state index in [-0.39, 0.29) is 17.9 Å². The van der Waals surface area contributed by atoms with E-state index in [0.29, 0.717) is 50.7 Å². The number of aromatic nitrogens is 4. The summed E-state index contributed by atoms with van der Waals surface area (Å²) in [5.41, 5.74) is 3.93. The SMILES string of the molecule is COc1ccnc(-c2ccnc(Cc3ccc4[nH]c(C(=O)N5CCN(C(=O)[C@H]6CCCO6)CC5)cc4c3)n2)c1. The van der Waals surface area contributed by atoms with Crippen molar-refractivity contribution < 1.29 is 19.1 Å². The predicted molar refractivity (Wildman–Crippen MR) is 144 cm³/mol. The van der Waals surface area contributed by atoms with Gasteiger partial charge in [-0.1, -0.05) is 6.07 Å². The van der Waals surface area contributed by atoms with Gasteiger partial charge in [0.25, 0.3) is 11.8 Å². The molecule has 0 aliphatic carbocycles. The van der Waals surface area contributed by atoms with Gasteiger partial charge in [0.1, 0.15) is 23.4 Å². The van der Waals surface area contributed by atoms with Gasteiger partial charge in [-0.3, -0.25) is 14.6 Å². The molecule has 2 aliphatic heterocycles. The molecule has 0 spiro atoms. The van der Waals surface area contributed by atoms with Crippen molar-refractivity contribution in [1.82, 2.24) is 29.7 Å². The molecule has 3 aromatic heterocycles. The van der Waals surface area contributed by atoms with Crippen LogP contribution >= 0.6 is 0 Å². The minimum absolute atomic E-state index is 0.0482. The molecule has 39 heavy (non-hydrogen) atoms. The average Bonchev–Trinajstić information content (AvgIpc) is 3.67. The van der Waals surface area contributed by atoms with Crippen molar-refractivity contribution in [3.05, 3.63) is 71.9 Å². The van der Waals surface area contributed by atoms with Crippen LogP contribution in [-0.2, 0) is 16.0 Å². The summed E-state index contributed by atoms with van der Waals surface area (Å²) in [5.74, 6) is 1.39. The number of pyridine rings is 1. The van der Waals surface area contributed by atoms with Gasteiger partial charge in [-0.15, -0.1) is 0 Å². The molecule has 2 fully saturated rings. The summed E-state index contributed by atoms with van der Waals surface area (Å²) in [6.07, 6.45) is 5.37. The largest absolute Gasteiger partial charge is 0.497 e. The van der Waals surface area contributed by atoms with Crippen LogP contribution in [0.3, 0.4) is 0 Å². The highest BCUT2D eigenvalue weighted by molar-refractivity contribution is 5.98. The first kappa shape index (κ1) is 25.0. The van der Waals surface area contributed by atoms with Crippen molar-refractivity contribution in [2.75, 3.05) is 39.9 Å². The Kier molecular flexibility index (Phi) is 6.93. The van der Waals surface area contributed by atoms with Crippen molar-refractivity contribution in [3.63, 3.8) is 0 Å². The van der Waals surface area contributed by atoms with Gasteiger partial charge in [0, 0.05) is 68.6 Å². The van der Waals surface area contributed by atoms with Gasteiger partial charge in [0.15, 0.2) is 0 Å². The van der Waals surface area contributed by atoms with Crippen molar-refractivity contribution in [2.45, 2.75) is 25.4 Å². The molecule has 1 atom stereocenters. The Bertz CT molecular complexity index is 1500. The lowest BCUT2D eigenvalue weighted by Crippen LogP contribution is -2.52. The molecule has 2 aliphatic rings. The molecule has 1 aromatic carbocycles. The fraction of sp³-hybridized carbons (Fsp3) is 0.345. The molecule has 0 unspecified atom stereocenters. The first-order valence-corrected chi connectivity index (χ1v) is 13.2. The van der Waals surface area contributed by atoms with E-state index in [1.54, 1.807) is 30.5 Å². The Balaban J connectivity index is 1.12. The summed E-state index contributed by atoms with van der Waals surface area (Å²) < 4.78 is 10.8. The number of H-pyrrole nitrogens is 1. The minimum atomic E-state index is -0.318. The number of amides is 2. The van der Waals surface area contributed by atoms with Gasteiger partial charge in [-0.25, -0.2) is 9.97 Å².